The lowest BCUT2D eigenvalue weighted by Crippen LogP contribution is -2.39. The molecule has 1 unspecified atom stereocenters. The molecular weight excluding hydrogens is 333 g/mol. The highest BCUT2D eigenvalue weighted by Crippen LogP contribution is 2.29. The van der Waals surface area contributed by atoms with Crippen LogP contribution in [-0.4, -0.2) is 39.8 Å². The Bertz CT molecular complexity index is 835. The van der Waals surface area contributed by atoms with Gasteiger partial charge in [-0.15, -0.1) is 21.5 Å². The van der Waals surface area contributed by atoms with Crippen LogP contribution in [0.5, 0.6) is 0 Å². The van der Waals surface area contributed by atoms with Gasteiger partial charge in [0.1, 0.15) is 21.5 Å². The van der Waals surface area contributed by atoms with Crippen molar-refractivity contribution in [2.75, 3.05) is 7.05 Å². The van der Waals surface area contributed by atoms with Crippen LogP contribution in [0.25, 0.3) is 0 Å². The van der Waals surface area contributed by atoms with E-state index in [1.54, 1.807) is 12.1 Å². The summed E-state index contributed by atoms with van der Waals surface area (Å²) in [6, 6.07) is 6.21. The van der Waals surface area contributed by atoms with Gasteiger partial charge in [0.25, 0.3) is 5.91 Å². The highest BCUT2D eigenvalue weighted by atomic mass is 32.1. The van der Waals surface area contributed by atoms with E-state index in [4.69, 9.17) is 5.73 Å². The number of carbonyl (C=O) groups excluding carboxylic acids is 2. The highest BCUT2D eigenvalue weighted by Gasteiger charge is 2.34. The molecular formula is C15H14FN5O2S. The average Bonchev–Trinajstić information content (AvgIpc) is 2.97. The second-order valence-corrected chi connectivity index (χ2v) is 6.46. The zero-order chi connectivity index (χ0) is 17.3. The van der Waals surface area contributed by atoms with Gasteiger partial charge in [-0.2, -0.15) is 5.10 Å². The molecule has 2 N–H and O–H groups in total. The summed E-state index contributed by atoms with van der Waals surface area (Å²) in [7, 11) is 1.47. The molecule has 2 heterocycles. The van der Waals surface area contributed by atoms with Crippen LogP contribution in [0, 0.1) is 5.82 Å². The van der Waals surface area contributed by atoms with E-state index in [1.165, 1.54) is 30.5 Å². The molecule has 1 atom stereocenters. The fourth-order valence-electron chi connectivity index (χ4n) is 2.42. The summed E-state index contributed by atoms with van der Waals surface area (Å²) < 4.78 is 13.2. The largest absolute Gasteiger partial charge is 0.364 e. The summed E-state index contributed by atoms with van der Waals surface area (Å²) in [5, 5.41) is 14.3. The van der Waals surface area contributed by atoms with E-state index in [1.807, 2.05) is 0 Å². The first-order valence-electron chi connectivity index (χ1n) is 7.15. The molecule has 9 heteroatoms. The predicted octanol–water partition coefficient (Wildman–Crippen LogP) is 1.06. The minimum atomic E-state index is -0.693. The fourth-order valence-corrected chi connectivity index (χ4v) is 3.40. The van der Waals surface area contributed by atoms with Gasteiger partial charge < -0.3 is 5.73 Å². The Labute approximate surface area is 141 Å². The van der Waals surface area contributed by atoms with E-state index >= 15 is 0 Å². The molecule has 0 aliphatic carbocycles. The molecule has 2 amide bonds. The smallest absolute Gasteiger partial charge is 0.265 e. The van der Waals surface area contributed by atoms with Crippen LogP contribution < -0.4 is 5.73 Å². The molecule has 0 spiro atoms. The van der Waals surface area contributed by atoms with Crippen LogP contribution in [-0.2, 0) is 16.0 Å². The number of hydrogen-bond acceptors (Lipinski definition) is 6. The Hall–Kier alpha value is -2.68. The summed E-state index contributed by atoms with van der Waals surface area (Å²) in [6.45, 7) is 0. The van der Waals surface area contributed by atoms with E-state index < -0.39 is 11.8 Å². The molecule has 1 aliphatic rings. The Balaban J connectivity index is 1.85. The molecule has 1 aromatic heterocycles. The number of halogens is 1. The van der Waals surface area contributed by atoms with Gasteiger partial charge in [-0.05, 0) is 17.7 Å². The van der Waals surface area contributed by atoms with Crippen molar-refractivity contribution >= 4 is 28.9 Å². The van der Waals surface area contributed by atoms with Gasteiger partial charge in [-0.3, -0.25) is 9.59 Å². The summed E-state index contributed by atoms with van der Waals surface area (Å²) >= 11 is 1.26. The van der Waals surface area contributed by atoms with Gasteiger partial charge in [0.15, 0.2) is 0 Å². The lowest BCUT2D eigenvalue weighted by Gasteiger charge is -2.23. The van der Waals surface area contributed by atoms with Crippen molar-refractivity contribution in [1.82, 2.24) is 15.2 Å². The van der Waals surface area contributed by atoms with Crippen molar-refractivity contribution < 1.29 is 14.0 Å². The Kier molecular flexibility index (Phi) is 4.34. The van der Waals surface area contributed by atoms with Crippen molar-refractivity contribution in [3.05, 3.63) is 45.7 Å². The van der Waals surface area contributed by atoms with Crippen molar-refractivity contribution in [3.8, 4) is 0 Å². The third-order valence-corrected chi connectivity index (χ3v) is 4.64. The lowest BCUT2D eigenvalue weighted by atomic mass is 9.97. The number of aromatic nitrogens is 2. The van der Waals surface area contributed by atoms with Crippen molar-refractivity contribution in [2.24, 2.45) is 10.8 Å². The molecule has 1 aromatic carbocycles. The third-order valence-electron chi connectivity index (χ3n) is 3.60. The second kappa shape index (κ2) is 6.44. The third kappa shape index (κ3) is 3.30. The van der Waals surface area contributed by atoms with E-state index in [-0.39, 0.29) is 23.9 Å². The fraction of sp³-hybridized carbons (Fsp3) is 0.267. The maximum Gasteiger partial charge on any atom is 0.265 e. The van der Waals surface area contributed by atoms with Crippen LogP contribution in [0.1, 0.15) is 27.9 Å². The first-order valence-corrected chi connectivity index (χ1v) is 7.97. The average molecular weight is 347 g/mol. The molecule has 1 aliphatic heterocycles. The number of hydrazone groups is 1. The van der Waals surface area contributed by atoms with E-state index in [0.717, 1.165) is 10.6 Å². The quantitative estimate of drug-likeness (QED) is 0.893. The number of carbonyl (C=O) groups is 2. The van der Waals surface area contributed by atoms with Crippen LogP contribution in [0.3, 0.4) is 0 Å². The number of nitrogens with zero attached hydrogens (tertiary/aromatic N) is 4. The molecule has 0 radical (unpaired) electrons. The number of rotatable bonds is 4. The maximum absolute atomic E-state index is 13.2. The van der Waals surface area contributed by atoms with Crippen LogP contribution in [0.2, 0.25) is 0 Å². The highest BCUT2D eigenvalue weighted by molar-refractivity contribution is 7.11. The summed E-state index contributed by atoms with van der Waals surface area (Å²) in [5.41, 5.74) is 6.21. The molecule has 0 saturated heterocycles. The van der Waals surface area contributed by atoms with Gasteiger partial charge in [0.05, 0.1) is 5.92 Å². The number of amides is 2. The summed E-state index contributed by atoms with van der Waals surface area (Å²) in [5.74, 6) is -1.83. The molecule has 2 aromatic rings. The van der Waals surface area contributed by atoms with Crippen molar-refractivity contribution in [1.29, 1.82) is 0 Å². The molecule has 0 saturated carbocycles. The number of primary amides is 1. The number of hydrogen-bond donors (Lipinski definition) is 1. The van der Waals surface area contributed by atoms with Crippen LogP contribution in [0.4, 0.5) is 4.39 Å². The second-order valence-electron chi connectivity index (χ2n) is 5.36. The van der Waals surface area contributed by atoms with E-state index in [2.05, 4.69) is 15.3 Å². The predicted molar refractivity (Wildman–Crippen MR) is 85.9 cm³/mol. The normalized spacial score (nSPS) is 17.8. The first-order chi connectivity index (χ1) is 11.4. The molecule has 124 valence electrons. The molecule has 0 bridgehead atoms. The lowest BCUT2D eigenvalue weighted by molar-refractivity contribution is -0.130. The minimum absolute atomic E-state index is 0.0624. The number of nitrogens with two attached hydrogens (primary N) is 1. The van der Waals surface area contributed by atoms with Crippen LogP contribution in [0.15, 0.2) is 29.4 Å². The van der Waals surface area contributed by atoms with Crippen LogP contribution >= 0.6 is 11.3 Å². The van der Waals surface area contributed by atoms with Gasteiger partial charge in [0, 0.05) is 19.9 Å². The van der Waals surface area contributed by atoms with Gasteiger partial charge in [0.2, 0.25) is 5.91 Å². The minimum Gasteiger partial charge on any atom is -0.364 e. The topological polar surface area (TPSA) is 102 Å². The maximum atomic E-state index is 13.2. The van der Waals surface area contributed by atoms with Gasteiger partial charge in [-0.1, -0.05) is 12.1 Å². The Morgan fingerprint density at radius 3 is 2.96 bits per heavy atom. The number of benzene rings is 1. The summed E-state index contributed by atoms with van der Waals surface area (Å²) in [6.07, 6.45) is 0.478. The molecule has 24 heavy (non-hydrogen) atoms. The van der Waals surface area contributed by atoms with Gasteiger partial charge in [-0.25, -0.2) is 9.40 Å². The zero-order valence-electron chi connectivity index (χ0n) is 12.8. The molecule has 7 nitrogen and oxygen atoms in total. The van der Waals surface area contributed by atoms with Crippen molar-refractivity contribution in [2.45, 2.75) is 18.8 Å². The van der Waals surface area contributed by atoms with Gasteiger partial charge >= 0.3 is 0 Å². The monoisotopic (exact) mass is 347 g/mol. The SMILES string of the molecule is CN1N=C(C(N)=O)C(c2nnc(Cc3cccc(F)c3)s2)CC1=O. The Morgan fingerprint density at radius 1 is 1.46 bits per heavy atom. The van der Waals surface area contributed by atoms with E-state index in [0.29, 0.717) is 16.4 Å². The van der Waals surface area contributed by atoms with E-state index in [9.17, 15) is 14.0 Å². The van der Waals surface area contributed by atoms with Crippen molar-refractivity contribution in [3.63, 3.8) is 0 Å². The molecule has 3 rings (SSSR count). The molecule has 0 fully saturated rings. The zero-order valence-corrected chi connectivity index (χ0v) is 13.6. The summed E-state index contributed by atoms with van der Waals surface area (Å²) in [4.78, 5) is 23.5. The first kappa shape index (κ1) is 16.2. The standard InChI is InChI=1S/C15H14FN5O2S/c1-21-12(22)7-10(13(20-21)14(17)23)15-19-18-11(24-15)6-8-3-2-4-9(16)5-8/h2-5,10H,6-7H2,1H3,(H2,17,23). The Morgan fingerprint density at radius 2 is 2.25 bits per heavy atom.